The van der Waals surface area contributed by atoms with Crippen LogP contribution in [0.15, 0.2) is 59.6 Å². The zero-order valence-corrected chi connectivity index (χ0v) is 47.4. The third-order valence-corrected chi connectivity index (χ3v) is 12.7. The highest BCUT2D eigenvalue weighted by Crippen LogP contribution is 2.38. The monoisotopic (exact) mass is 1190 g/mol. The largest absolute Gasteiger partial charge is 0.524 e. The Hall–Kier alpha value is -7.08. The molecule has 0 aliphatic rings. The average Bonchev–Trinajstić information content (AvgIpc) is 3.36. The maximum atomic E-state index is 14.2. The summed E-state index contributed by atoms with van der Waals surface area (Å²) in [7, 11) is -10.3. The minimum Gasteiger partial charge on any atom is -0.480 e. The number of aliphatic imine (C=N–C) groups is 1. The lowest BCUT2D eigenvalue weighted by Gasteiger charge is -2.28. The first-order valence-electron chi connectivity index (χ1n) is 25.3. The van der Waals surface area contributed by atoms with Crippen LogP contribution in [0, 0.1) is 11.8 Å². The van der Waals surface area contributed by atoms with Crippen LogP contribution in [0.25, 0.3) is 0 Å². The van der Waals surface area contributed by atoms with Crippen LogP contribution in [0.5, 0.6) is 5.75 Å². The molecule has 2 rings (SSSR count). The van der Waals surface area contributed by atoms with Gasteiger partial charge in [0, 0.05) is 13.0 Å². The summed E-state index contributed by atoms with van der Waals surface area (Å²) in [5, 5.41) is 38.9. The summed E-state index contributed by atoms with van der Waals surface area (Å²) in [5.74, 6) is -11.1. The predicted molar refractivity (Wildman–Crippen MR) is 289 cm³/mol. The fraction of sp³-hybridized carbons (Fsp3) is 0.542. The second-order valence-corrected chi connectivity index (χ2v) is 21.9. The van der Waals surface area contributed by atoms with Crippen LogP contribution in [-0.2, 0) is 69.6 Å². The third kappa shape index (κ3) is 26.8. The second kappa shape index (κ2) is 33.0. The minimum absolute atomic E-state index is 0.00472. The van der Waals surface area contributed by atoms with Crippen molar-refractivity contribution in [2.75, 3.05) is 13.1 Å². The summed E-state index contributed by atoms with van der Waals surface area (Å²) in [6.07, 6.45) is -3.66. The number of carboxylic acids is 1. The first-order valence-corrected chi connectivity index (χ1v) is 28.4. The van der Waals surface area contributed by atoms with E-state index >= 15 is 0 Å². The van der Waals surface area contributed by atoms with Crippen molar-refractivity contribution in [2.45, 2.75) is 141 Å². The number of guanidine groups is 1. The average molecular weight is 1190 g/mol. The Morgan fingerprint density at radius 1 is 0.605 bits per heavy atom. The number of carbonyl (C=O) groups excluding carboxylic acids is 8. The quantitative estimate of drug-likeness (QED) is 0.0140. The number of aliphatic hydroxyl groups is 1. The zero-order valence-electron chi connectivity index (χ0n) is 45.6. The van der Waals surface area contributed by atoms with E-state index in [1.807, 2.05) is 0 Å². The molecule has 2 aromatic rings. The van der Waals surface area contributed by atoms with Gasteiger partial charge in [-0.15, -0.1) is 0 Å². The third-order valence-electron chi connectivity index (χ3n) is 11.6. The van der Waals surface area contributed by atoms with Gasteiger partial charge in [0.25, 0.3) is 0 Å². The topological polar surface area (TPSA) is 514 Å². The van der Waals surface area contributed by atoms with Crippen LogP contribution < -0.4 is 64.3 Å². The summed E-state index contributed by atoms with van der Waals surface area (Å²) in [4.78, 5) is 162. The molecule has 0 spiro atoms. The Labute approximate surface area is 466 Å². The van der Waals surface area contributed by atoms with E-state index < -0.39 is 148 Å². The van der Waals surface area contributed by atoms with Gasteiger partial charge in [-0.25, -0.2) is 13.9 Å². The van der Waals surface area contributed by atoms with Gasteiger partial charge in [-0.3, -0.25) is 57.7 Å². The van der Waals surface area contributed by atoms with E-state index in [0.717, 1.165) is 31.5 Å². The molecular formula is C48H76N12O19P2. The van der Waals surface area contributed by atoms with Gasteiger partial charge in [-0.2, -0.15) is 0 Å². The van der Waals surface area contributed by atoms with E-state index in [2.05, 4.69) is 52.1 Å². The highest BCUT2D eigenvalue weighted by molar-refractivity contribution is 7.46. The number of nitrogens with two attached hydrogens (primary N) is 3. The van der Waals surface area contributed by atoms with E-state index in [1.54, 1.807) is 44.2 Å². The number of aliphatic hydroxyl groups excluding tert-OH is 1. The molecule has 31 nitrogen and oxygen atoms in total. The Morgan fingerprint density at radius 2 is 1.15 bits per heavy atom. The molecule has 0 saturated heterocycles. The molecule has 33 heteroatoms. The molecule has 0 heterocycles. The van der Waals surface area contributed by atoms with Crippen molar-refractivity contribution < 1.29 is 91.1 Å². The molecule has 0 radical (unpaired) electrons. The zero-order chi connectivity index (χ0) is 61.5. The van der Waals surface area contributed by atoms with Crippen LogP contribution in [0.4, 0.5) is 0 Å². The number of hydrogen-bond donors (Lipinski definition) is 17. The molecule has 10 atom stereocenters. The summed E-state index contributed by atoms with van der Waals surface area (Å²) in [6.45, 7) is 8.92. The van der Waals surface area contributed by atoms with E-state index in [4.69, 9.17) is 21.7 Å². The van der Waals surface area contributed by atoms with Crippen molar-refractivity contribution >= 4 is 74.8 Å². The van der Waals surface area contributed by atoms with E-state index in [-0.39, 0.29) is 55.4 Å². The lowest BCUT2D eigenvalue weighted by molar-refractivity contribution is -0.143. The summed E-state index contributed by atoms with van der Waals surface area (Å²) in [5.41, 5.74) is 17.7. The number of aliphatic carboxylic acids is 1. The fourth-order valence-electron chi connectivity index (χ4n) is 7.52. The van der Waals surface area contributed by atoms with E-state index in [9.17, 15) is 82.1 Å². The second-order valence-electron chi connectivity index (χ2n) is 19.6. The highest BCUT2D eigenvalue weighted by atomic mass is 31.2. The van der Waals surface area contributed by atoms with E-state index in [1.165, 1.54) is 32.9 Å². The van der Waals surface area contributed by atoms with Gasteiger partial charge in [0.05, 0.1) is 24.8 Å². The molecule has 0 aromatic heterocycles. The number of rotatable bonds is 34. The molecule has 0 aliphatic heterocycles. The number of hydrogen-bond acceptors (Lipinski definition) is 16. The lowest BCUT2D eigenvalue weighted by atomic mass is 10.0. The molecule has 0 aliphatic carbocycles. The number of carboxylic acid groups (broad SMARTS) is 1. The van der Waals surface area contributed by atoms with Gasteiger partial charge >= 0.3 is 21.6 Å². The number of nitrogens with zero attached hydrogens (tertiary/aromatic N) is 1. The normalized spacial score (nSPS) is 15.3. The molecule has 452 valence electrons. The SMILES string of the molecule is CC(C)C[C@H](NC(=O)[C@@H](N)Cc1ccccc1)C(=O)N[C@H](C(=O)NCC(=O)N[C@@H](Cc1ccc(OP(=O)(O)O)cc1)C(=O)N[C@H](C(=O)N[C@@H](C)C(=O)N[C@H](C(=O)N[C@@H](CCCN=C(N)N)C(=O)O)[C@@H](C)O)C(C)C)[C@@H](C)OP(=O)(O)O. The first kappa shape index (κ1) is 70.0. The van der Waals surface area contributed by atoms with Crippen LogP contribution >= 0.6 is 15.6 Å². The number of carbonyl (C=O) groups is 9. The summed E-state index contributed by atoms with van der Waals surface area (Å²) < 4.78 is 32.7. The van der Waals surface area contributed by atoms with E-state index in [0.29, 0.717) is 0 Å². The summed E-state index contributed by atoms with van der Waals surface area (Å²) >= 11 is 0. The summed E-state index contributed by atoms with van der Waals surface area (Å²) in [6, 6.07) is 1.43. The molecule has 0 saturated carbocycles. The molecule has 0 bridgehead atoms. The van der Waals surface area contributed by atoms with Crippen molar-refractivity contribution in [1.29, 1.82) is 0 Å². The van der Waals surface area contributed by atoms with Crippen molar-refractivity contribution in [3.63, 3.8) is 0 Å². The van der Waals surface area contributed by atoms with Crippen molar-refractivity contribution in [1.82, 2.24) is 42.5 Å². The number of phosphoric acid groups is 2. The minimum atomic E-state index is -5.34. The van der Waals surface area contributed by atoms with Gasteiger partial charge in [-0.05, 0) is 81.5 Å². The van der Waals surface area contributed by atoms with Gasteiger partial charge in [0.1, 0.15) is 48.0 Å². The van der Waals surface area contributed by atoms with Gasteiger partial charge in [0.2, 0.25) is 47.3 Å². The molecule has 0 fully saturated rings. The van der Waals surface area contributed by atoms with Crippen molar-refractivity contribution in [2.24, 2.45) is 34.0 Å². The smallest absolute Gasteiger partial charge is 0.480 e. The number of phosphoric ester groups is 2. The van der Waals surface area contributed by atoms with Crippen LogP contribution in [0.2, 0.25) is 0 Å². The van der Waals surface area contributed by atoms with Crippen LogP contribution in [-0.4, -0.2) is 163 Å². The molecular weight excluding hydrogens is 1110 g/mol. The Balaban J connectivity index is 2.37. The molecule has 8 amide bonds. The number of amides is 8. The van der Waals surface area contributed by atoms with Gasteiger partial charge < -0.3 is 84.3 Å². The van der Waals surface area contributed by atoms with Crippen LogP contribution in [0.3, 0.4) is 0 Å². The molecule has 0 unspecified atom stereocenters. The van der Waals surface area contributed by atoms with Crippen molar-refractivity contribution in [3.8, 4) is 5.75 Å². The molecule has 81 heavy (non-hydrogen) atoms. The Bertz CT molecular complexity index is 2600. The lowest BCUT2D eigenvalue weighted by Crippen LogP contribution is -2.61. The van der Waals surface area contributed by atoms with Crippen LogP contribution in [0.1, 0.15) is 78.9 Å². The maximum Gasteiger partial charge on any atom is 0.524 e. The number of benzene rings is 2. The molecule has 20 N–H and O–H groups in total. The standard InChI is InChI=1S/C48H76N12O19P2/c1-24(2)20-34(57-41(64)32(49)21-29-12-9-8-10-13-29)42(65)60-39(28(7)78-80(72,73)74)44(67)53-23-36(62)55-35(22-30-15-17-31(18-16-30)79-81(75,76)77)43(66)58-37(25(3)4)45(68)54-26(5)40(63)59-38(27(6)61)46(69)56-33(47(70)71)14-11-19-52-48(50)51/h8-10,12-13,15-18,24-28,32-35,37-39,61H,11,14,19-23,49H2,1-7H3,(H,53,67)(H,54,68)(H,55,62)(H,56,69)(H,57,64)(H,58,66)(H,59,63)(H,60,65)(H,70,71)(H4,50,51,52)(H2,72,73,74)(H2,75,76,77)/t26-,27+,28+,32-,33-,34-,35-,37-,38-,39-/m0/s1. The maximum absolute atomic E-state index is 14.2. The Kier molecular flexibility index (Phi) is 28.5. The predicted octanol–water partition coefficient (Wildman–Crippen LogP) is -3.48. The fourth-order valence-corrected chi connectivity index (χ4v) is 8.48. The highest BCUT2D eigenvalue weighted by Gasteiger charge is 2.37. The van der Waals surface area contributed by atoms with Crippen molar-refractivity contribution in [3.05, 3.63) is 65.7 Å². The molecule has 2 aromatic carbocycles. The van der Waals surface area contributed by atoms with Gasteiger partial charge in [-0.1, -0.05) is 70.2 Å². The Morgan fingerprint density at radius 3 is 1.68 bits per heavy atom. The first-order chi connectivity index (χ1) is 37.6. The van der Waals surface area contributed by atoms with Gasteiger partial charge in [0.15, 0.2) is 5.96 Å². The number of nitrogens with one attached hydrogen (secondary N) is 8.